The Bertz CT molecular complexity index is 955. The Hall–Kier alpha value is -2.44. The Kier molecular flexibility index (Phi) is 9.04. The molecule has 1 aromatic carbocycles. The van der Waals surface area contributed by atoms with Gasteiger partial charge in [0.05, 0.1) is 0 Å². The zero-order chi connectivity index (χ0) is 24.8. The second kappa shape index (κ2) is 11.1. The van der Waals surface area contributed by atoms with E-state index in [1.807, 2.05) is 32.0 Å². The van der Waals surface area contributed by atoms with Crippen LogP contribution in [0.1, 0.15) is 80.7 Å². The van der Waals surface area contributed by atoms with E-state index in [1.165, 1.54) is 4.57 Å². The molecule has 0 N–H and O–H groups in total. The third-order valence-electron chi connectivity index (χ3n) is 5.70. The number of nitrogens with zero attached hydrogens (tertiary/aromatic N) is 3. The van der Waals surface area contributed by atoms with Gasteiger partial charge in [0, 0.05) is 25.2 Å². The van der Waals surface area contributed by atoms with E-state index in [4.69, 9.17) is 0 Å². The summed E-state index contributed by atoms with van der Waals surface area (Å²) >= 11 is 0. The van der Waals surface area contributed by atoms with Crippen LogP contribution in [0.25, 0.3) is 0 Å². The largest absolute Gasteiger partial charge is 0.406 e. The summed E-state index contributed by atoms with van der Waals surface area (Å²) < 4.78 is 41.4. The van der Waals surface area contributed by atoms with Crippen molar-refractivity contribution < 1.29 is 18.0 Å². The van der Waals surface area contributed by atoms with Gasteiger partial charge in [-0.3, -0.25) is 4.79 Å². The van der Waals surface area contributed by atoms with E-state index in [1.54, 1.807) is 6.08 Å². The van der Waals surface area contributed by atoms with Crippen molar-refractivity contribution >= 4 is 5.78 Å². The van der Waals surface area contributed by atoms with Gasteiger partial charge in [0.2, 0.25) is 0 Å². The number of aromatic nitrogens is 3. The SMILES string of the molecule is C=CCC(CC(=O)Cc1ccc(C)cc1C)c1nnc(CCCC(C)(C)C)n1CC(F)(F)F. The first-order valence-electron chi connectivity index (χ1n) is 11.5. The zero-order valence-corrected chi connectivity index (χ0v) is 20.4. The smallest absolute Gasteiger partial charge is 0.306 e. The standard InChI is InChI=1S/C26H36F3N3O/c1-7-9-21(16-22(33)15-20-12-11-18(2)14-19(20)3)24-31-30-23(10-8-13-25(4,5)6)32(24)17-26(27,28)29/h7,11-12,14,21H,1,8-10,13,15-17H2,2-6H3. The molecule has 0 amide bonds. The number of hydrogen-bond acceptors (Lipinski definition) is 3. The van der Waals surface area contributed by atoms with E-state index < -0.39 is 18.6 Å². The number of carbonyl (C=O) groups is 1. The van der Waals surface area contributed by atoms with Crippen LogP contribution >= 0.6 is 0 Å². The number of hydrogen-bond donors (Lipinski definition) is 0. The molecule has 4 nitrogen and oxygen atoms in total. The molecule has 0 fully saturated rings. The van der Waals surface area contributed by atoms with Crippen LogP contribution in [-0.2, 0) is 24.2 Å². The fourth-order valence-electron chi connectivity index (χ4n) is 4.05. The van der Waals surface area contributed by atoms with Crippen LogP contribution in [-0.4, -0.2) is 26.7 Å². The van der Waals surface area contributed by atoms with E-state index in [9.17, 15) is 18.0 Å². The fourth-order valence-corrected chi connectivity index (χ4v) is 4.05. The van der Waals surface area contributed by atoms with Crippen molar-refractivity contribution in [3.8, 4) is 0 Å². The Labute approximate surface area is 195 Å². The number of alkyl halides is 3. The summed E-state index contributed by atoms with van der Waals surface area (Å²) in [5.41, 5.74) is 3.17. The van der Waals surface area contributed by atoms with E-state index in [0.29, 0.717) is 18.7 Å². The third kappa shape index (κ3) is 8.78. The second-order valence-electron chi connectivity index (χ2n) is 10.2. The van der Waals surface area contributed by atoms with Crippen LogP contribution < -0.4 is 0 Å². The molecule has 0 aliphatic carbocycles. The first-order chi connectivity index (χ1) is 15.3. The molecule has 0 saturated heterocycles. The molecule has 1 aromatic heterocycles. The maximum atomic E-state index is 13.4. The van der Waals surface area contributed by atoms with Crippen molar-refractivity contribution in [3.63, 3.8) is 0 Å². The highest BCUT2D eigenvalue weighted by Crippen LogP contribution is 2.29. The molecule has 0 saturated carbocycles. The molecule has 0 bridgehead atoms. The van der Waals surface area contributed by atoms with E-state index in [0.717, 1.165) is 29.5 Å². The molecule has 0 aliphatic rings. The number of ketones is 1. The predicted molar refractivity (Wildman–Crippen MR) is 125 cm³/mol. The lowest BCUT2D eigenvalue weighted by Crippen LogP contribution is -2.23. The fraction of sp³-hybridized carbons (Fsp3) is 0.577. The van der Waals surface area contributed by atoms with Crippen LogP contribution in [0.3, 0.4) is 0 Å². The van der Waals surface area contributed by atoms with Crippen molar-refractivity contribution in [2.45, 2.75) is 91.8 Å². The maximum Gasteiger partial charge on any atom is 0.406 e. The van der Waals surface area contributed by atoms with Gasteiger partial charge in [-0.25, -0.2) is 0 Å². The number of aryl methyl sites for hydroxylation is 3. The van der Waals surface area contributed by atoms with Crippen LogP contribution in [0.5, 0.6) is 0 Å². The summed E-state index contributed by atoms with van der Waals surface area (Å²) in [6.45, 7) is 12.8. The van der Waals surface area contributed by atoms with Gasteiger partial charge in [-0.15, -0.1) is 16.8 Å². The zero-order valence-electron chi connectivity index (χ0n) is 20.4. The molecular formula is C26H36F3N3O. The first kappa shape index (κ1) is 26.8. The van der Waals surface area contributed by atoms with Gasteiger partial charge in [0.1, 0.15) is 24.0 Å². The summed E-state index contributed by atoms with van der Waals surface area (Å²) in [6.07, 6.45) is -0.0846. The quantitative estimate of drug-likeness (QED) is 0.349. The van der Waals surface area contributed by atoms with Gasteiger partial charge < -0.3 is 4.57 Å². The van der Waals surface area contributed by atoms with Crippen LogP contribution in [0.4, 0.5) is 13.2 Å². The number of allylic oxidation sites excluding steroid dienone is 1. The van der Waals surface area contributed by atoms with Crippen molar-refractivity contribution in [1.29, 1.82) is 0 Å². The van der Waals surface area contributed by atoms with E-state index >= 15 is 0 Å². The minimum atomic E-state index is -4.41. The average molecular weight is 464 g/mol. The van der Waals surface area contributed by atoms with Crippen molar-refractivity contribution in [2.24, 2.45) is 5.41 Å². The van der Waals surface area contributed by atoms with Gasteiger partial charge in [0.15, 0.2) is 0 Å². The van der Waals surface area contributed by atoms with Crippen LogP contribution in [0.2, 0.25) is 0 Å². The minimum absolute atomic E-state index is 0.0374. The maximum absolute atomic E-state index is 13.4. The van der Waals surface area contributed by atoms with E-state index in [-0.39, 0.29) is 29.9 Å². The molecule has 2 rings (SSSR count). The molecule has 0 radical (unpaired) electrons. The predicted octanol–water partition coefficient (Wildman–Crippen LogP) is 6.69. The minimum Gasteiger partial charge on any atom is -0.306 e. The molecular weight excluding hydrogens is 427 g/mol. The lowest BCUT2D eigenvalue weighted by atomic mass is 9.90. The molecule has 2 aromatic rings. The molecule has 182 valence electrons. The Morgan fingerprint density at radius 1 is 1.18 bits per heavy atom. The van der Waals surface area contributed by atoms with Crippen LogP contribution in [0.15, 0.2) is 30.9 Å². The highest BCUT2D eigenvalue weighted by Gasteiger charge is 2.33. The number of rotatable bonds is 11. The molecule has 1 atom stereocenters. The molecule has 0 spiro atoms. The lowest BCUT2D eigenvalue weighted by Gasteiger charge is -2.20. The van der Waals surface area contributed by atoms with Crippen molar-refractivity contribution in [1.82, 2.24) is 14.8 Å². The average Bonchev–Trinajstić information content (AvgIpc) is 3.03. The monoisotopic (exact) mass is 463 g/mol. The summed E-state index contributed by atoms with van der Waals surface area (Å²) in [7, 11) is 0. The third-order valence-corrected chi connectivity index (χ3v) is 5.70. The van der Waals surface area contributed by atoms with Crippen LogP contribution in [0, 0.1) is 19.3 Å². The second-order valence-corrected chi connectivity index (χ2v) is 10.2. The van der Waals surface area contributed by atoms with Gasteiger partial charge in [0.25, 0.3) is 0 Å². The van der Waals surface area contributed by atoms with Gasteiger partial charge in [-0.2, -0.15) is 13.2 Å². The number of carbonyl (C=O) groups excluding carboxylic acids is 1. The summed E-state index contributed by atoms with van der Waals surface area (Å²) in [5.74, 6) is 0.00559. The summed E-state index contributed by atoms with van der Waals surface area (Å²) in [4.78, 5) is 12.9. The Morgan fingerprint density at radius 2 is 1.88 bits per heavy atom. The summed E-state index contributed by atoms with van der Waals surface area (Å²) in [5, 5.41) is 8.24. The number of halogens is 3. The van der Waals surface area contributed by atoms with Crippen molar-refractivity contribution in [2.75, 3.05) is 0 Å². The normalized spacial score (nSPS) is 13.2. The molecule has 33 heavy (non-hydrogen) atoms. The highest BCUT2D eigenvalue weighted by molar-refractivity contribution is 5.82. The number of Topliss-reactive ketones (excluding diaryl/α,β-unsaturated/α-hetero) is 1. The Morgan fingerprint density at radius 3 is 2.45 bits per heavy atom. The Balaban J connectivity index is 2.26. The molecule has 7 heteroatoms. The van der Waals surface area contributed by atoms with Gasteiger partial charge in [-0.05, 0) is 49.7 Å². The summed E-state index contributed by atoms with van der Waals surface area (Å²) in [6, 6.07) is 5.92. The molecule has 0 aliphatic heterocycles. The van der Waals surface area contributed by atoms with Gasteiger partial charge in [-0.1, -0.05) is 50.6 Å². The lowest BCUT2D eigenvalue weighted by molar-refractivity contribution is -0.141. The van der Waals surface area contributed by atoms with E-state index in [2.05, 4.69) is 37.5 Å². The first-order valence-corrected chi connectivity index (χ1v) is 11.5. The molecule has 1 heterocycles. The number of benzene rings is 1. The van der Waals surface area contributed by atoms with Gasteiger partial charge >= 0.3 is 6.18 Å². The van der Waals surface area contributed by atoms with Crippen molar-refractivity contribution in [3.05, 3.63) is 59.2 Å². The highest BCUT2D eigenvalue weighted by atomic mass is 19.4. The topological polar surface area (TPSA) is 47.8 Å². The molecule has 1 unspecified atom stereocenters.